The fourth-order valence-corrected chi connectivity index (χ4v) is 5.60. The van der Waals surface area contributed by atoms with Crippen LogP contribution in [0.2, 0.25) is 0 Å². The molecule has 1 saturated carbocycles. The number of aromatic carboxylic acids is 1. The monoisotopic (exact) mass is 494 g/mol. The third-order valence-corrected chi connectivity index (χ3v) is 7.50. The molecular formula is C28H34N2O6. The van der Waals surface area contributed by atoms with Crippen molar-refractivity contribution in [2.24, 2.45) is 5.92 Å². The Morgan fingerprint density at radius 2 is 1.78 bits per heavy atom. The lowest BCUT2D eigenvalue weighted by atomic mass is 9.82. The summed E-state index contributed by atoms with van der Waals surface area (Å²) < 4.78 is 7.61. The lowest BCUT2D eigenvalue weighted by molar-refractivity contribution is -0.144. The fourth-order valence-electron chi connectivity index (χ4n) is 5.60. The molecule has 2 N–H and O–H groups in total. The summed E-state index contributed by atoms with van der Waals surface area (Å²) in [4.78, 5) is 33.7. The first kappa shape index (κ1) is 25.5. The third kappa shape index (κ3) is 5.32. The van der Waals surface area contributed by atoms with Crippen molar-refractivity contribution in [2.45, 2.75) is 64.3 Å². The number of hydrogen-bond donors (Lipinski definition) is 2. The van der Waals surface area contributed by atoms with Crippen molar-refractivity contribution in [3.8, 4) is 11.3 Å². The molecule has 2 aromatic heterocycles. The second kappa shape index (κ2) is 11.5. The predicted molar refractivity (Wildman–Crippen MR) is 136 cm³/mol. The van der Waals surface area contributed by atoms with Gasteiger partial charge >= 0.3 is 11.9 Å². The number of aliphatic carboxylic acids is 1. The first-order valence-electron chi connectivity index (χ1n) is 12.8. The molecule has 5 rings (SSSR count). The minimum Gasteiger partial charge on any atom is -0.481 e. The van der Waals surface area contributed by atoms with Gasteiger partial charge in [-0.1, -0.05) is 25.3 Å². The van der Waals surface area contributed by atoms with Gasteiger partial charge in [-0.2, -0.15) is 0 Å². The third-order valence-electron chi connectivity index (χ3n) is 7.50. The van der Waals surface area contributed by atoms with Gasteiger partial charge in [-0.15, -0.1) is 0 Å². The van der Waals surface area contributed by atoms with E-state index in [1.807, 2.05) is 18.2 Å². The van der Waals surface area contributed by atoms with E-state index in [2.05, 4.69) is 11.5 Å². The Bertz CT molecular complexity index is 1200. The van der Waals surface area contributed by atoms with Crippen LogP contribution in [0.25, 0.3) is 22.2 Å². The Morgan fingerprint density at radius 1 is 1.06 bits per heavy atom. The van der Waals surface area contributed by atoms with Crippen molar-refractivity contribution in [2.75, 3.05) is 13.1 Å². The average Bonchev–Trinajstić information content (AvgIpc) is 3.55. The molecule has 1 aliphatic heterocycles. The molecule has 3 aromatic rings. The van der Waals surface area contributed by atoms with Gasteiger partial charge in [0.05, 0.1) is 29.7 Å². The van der Waals surface area contributed by atoms with Gasteiger partial charge in [0.2, 0.25) is 6.41 Å². The first-order valence-corrected chi connectivity index (χ1v) is 12.8. The molecule has 0 spiro atoms. The highest BCUT2D eigenvalue weighted by atomic mass is 16.4. The number of hydrogen-bond acceptors (Lipinski definition) is 4. The molecule has 0 bridgehead atoms. The number of benzene rings is 1. The Balaban J connectivity index is 0.000000233. The first-order chi connectivity index (χ1) is 17.4. The molecule has 2 aliphatic rings. The number of amides is 1. The number of carbonyl (C=O) groups excluding carboxylic acids is 1. The summed E-state index contributed by atoms with van der Waals surface area (Å²) in [7, 11) is 0. The molecule has 0 unspecified atom stereocenters. The van der Waals surface area contributed by atoms with E-state index in [-0.39, 0.29) is 5.92 Å². The number of aryl methyl sites for hydroxylation is 1. The van der Waals surface area contributed by atoms with Crippen molar-refractivity contribution >= 4 is 29.3 Å². The number of likely N-dealkylation sites (tertiary alicyclic amines) is 1. The van der Waals surface area contributed by atoms with E-state index in [0.717, 1.165) is 24.0 Å². The van der Waals surface area contributed by atoms with Crippen LogP contribution in [0, 0.1) is 5.92 Å². The Kier molecular flexibility index (Phi) is 8.13. The van der Waals surface area contributed by atoms with Crippen LogP contribution >= 0.6 is 0 Å². The summed E-state index contributed by atoms with van der Waals surface area (Å²) in [6, 6.07) is 7.55. The van der Waals surface area contributed by atoms with E-state index in [4.69, 9.17) is 9.52 Å². The van der Waals surface area contributed by atoms with Gasteiger partial charge in [-0.05, 0) is 62.3 Å². The zero-order chi connectivity index (χ0) is 25.7. The highest BCUT2D eigenvalue weighted by molar-refractivity contribution is 5.98. The number of carbonyl (C=O) groups is 3. The quantitative estimate of drug-likeness (QED) is 0.431. The molecule has 3 heterocycles. The van der Waals surface area contributed by atoms with Gasteiger partial charge in [0, 0.05) is 36.1 Å². The minimum atomic E-state index is -0.880. The zero-order valence-electron chi connectivity index (χ0n) is 20.7. The summed E-state index contributed by atoms with van der Waals surface area (Å²) in [5.74, 6) is -1.33. The maximum atomic E-state index is 11.4. The molecule has 1 saturated heterocycles. The van der Waals surface area contributed by atoms with Gasteiger partial charge in [0.1, 0.15) is 0 Å². The Morgan fingerprint density at radius 3 is 2.33 bits per heavy atom. The smallest absolute Gasteiger partial charge is 0.335 e. The van der Waals surface area contributed by atoms with Crippen molar-refractivity contribution in [3.63, 3.8) is 0 Å². The maximum absolute atomic E-state index is 11.4. The van der Waals surface area contributed by atoms with Crippen molar-refractivity contribution < 1.29 is 29.0 Å². The molecule has 2 fully saturated rings. The largest absolute Gasteiger partial charge is 0.481 e. The van der Waals surface area contributed by atoms with E-state index in [9.17, 15) is 19.5 Å². The number of fused-ring (bicyclic) bond motifs is 1. The maximum Gasteiger partial charge on any atom is 0.335 e. The van der Waals surface area contributed by atoms with Crippen LogP contribution in [0.15, 0.2) is 41.2 Å². The molecule has 8 heteroatoms. The number of furan rings is 1. The Hall–Kier alpha value is -3.55. The highest BCUT2D eigenvalue weighted by Gasteiger charge is 2.27. The minimum absolute atomic E-state index is 0.244. The molecule has 8 nitrogen and oxygen atoms in total. The number of aromatic nitrogens is 1. The fraction of sp³-hybridized carbons (Fsp3) is 0.464. The van der Waals surface area contributed by atoms with Crippen molar-refractivity contribution in [1.82, 2.24) is 9.47 Å². The number of rotatable bonds is 6. The van der Waals surface area contributed by atoms with E-state index < -0.39 is 11.9 Å². The molecule has 0 atom stereocenters. The topological polar surface area (TPSA) is 113 Å². The molecule has 192 valence electrons. The standard InChI is InChI=1S/C21H23NO3.C7H11NO3/c1-2-22-18-12-15(21(23)24)8-9-17(18)19(14-6-4-3-5-7-14)20(22)16-10-11-25-13-16;9-5-8-3-1-6(2-4-8)7(10)11/h8-14H,2-7H2,1H3,(H,23,24);5-6H,1-4H2,(H,10,11). The summed E-state index contributed by atoms with van der Waals surface area (Å²) in [5, 5.41) is 19.2. The second-order valence-corrected chi connectivity index (χ2v) is 9.64. The van der Waals surface area contributed by atoms with Crippen LogP contribution in [-0.4, -0.2) is 51.1 Å². The average molecular weight is 495 g/mol. The van der Waals surface area contributed by atoms with Gasteiger partial charge in [-0.25, -0.2) is 4.79 Å². The van der Waals surface area contributed by atoms with Gasteiger partial charge in [0.25, 0.3) is 0 Å². The van der Waals surface area contributed by atoms with Crippen LogP contribution in [0.5, 0.6) is 0 Å². The van der Waals surface area contributed by atoms with Gasteiger partial charge in [0.15, 0.2) is 0 Å². The van der Waals surface area contributed by atoms with Crippen molar-refractivity contribution in [1.29, 1.82) is 0 Å². The summed E-state index contributed by atoms with van der Waals surface area (Å²) in [5.41, 5.74) is 5.00. The Labute approximate surface area is 210 Å². The predicted octanol–water partition coefficient (Wildman–Crippen LogP) is 5.61. The highest BCUT2D eigenvalue weighted by Crippen LogP contribution is 2.44. The lowest BCUT2D eigenvalue weighted by Crippen LogP contribution is -2.35. The number of carboxylic acid groups (broad SMARTS) is 2. The normalized spacial score (nSPS) is 17.0. The van der Waals surface area contributed by atoms with Crippen LogP contribution in [0.3, 0.4) is 0 Å². The van der Waals surface area contributed by atoms with Crippen LogP contribution in [0.4, 0.5) is 0 Å². The molecule has 1 amide bonds. The van der Waals surface area contributed by atoms with Crippen LogP contribution < -0.4 is 0 Å². The molecule has 1 aromatic carbocycles. The zero-order valence-corrected chi connectivity index (χ0v) is 20.7. The summed E-state index contributed by atoms with van der Waals surface area (Å²) in [6.07, 6.45) is 11.7. The molecule has 1 aliphatic carbocycles. The number of carboxylic acids is 2. The molecule has 36 heavy (non-hydrogen) atoms. The van der Waals surface area contributed by atoms with Crippen LogP contribution in [-0.2, 0) is 16.1 Å². The number of nitrogens with zero attached hydrogens (tertiary/aromatic N) is 2. The SMILES string of the molecule is CCn1c(-c2ccoc2)c(C2CCCCC2)c2ccc(C(=O)O)cc21.O=CN1CCC(C(=O)O)CC1. The van der Waals surface area contributed by atoms with Crippen LogP contribution in [0.1, 0.15) is 73.7 Å². The van der Waals surface area contributed by atoms with Crippen molar-refractivity contribution in [3.05, 3.63) is 47.9 Å². The van der Waals surface area contributed by atoms with Gasteiger partial charge in [-0.3, -0.25) is 9.59 Å². The summed E-state index contributed by atoms with van der Waals surface area (Å²) >= 11 is 0. The van der Waals surface area contributed by atoms with E-state index >= 15 is 0 Å². The van der Waals surface area contributed by atoms with E-state index in [0.29, 0.717) is 37.4 Å². The van der Waals surface area contributed by atoms with E-state index in [1.165, 1.54) is 48.7 Å². The second-order valence-electron chi connectivity index (χ2n) is 9.64. The molecular weight excluding hydrogens is 460 g/mol. The molecule has 0 radical (unpaired) electrons. The van der Waals surface area contributed by atoms with E-state index in [1.54, 1.807) is 23.5 Å². The lowest BCUT2D eigenvalue weighted by Gasteiger charge is -2.26. The van der Waals surface area contributed by atoms with Gasteiger partial charge < -0.3 is 24.1 Å². The summed E-state index contributed by atoms with van der Waals surface area (Å²) in [6.45, 7) is 4.08. The number of piperidine rings is 1.